The second kappa shape index (κ2) is 15.1. The van der Waals surface area contributed by atoms with Gasteiger partial charge in [0.15, 0.2) is 0 Å². The van der Waals surface area contributed by atoms with Crippen LogP contribution in [-0.4, -0.2) is 89.5 Å². The number of quaternary nitrogens is 2. The average molecular weight is 597 g/mol. The van der Waals surface area contributed by atoms with Crippen LogP contribution in [0, 0.1) is 23.7 Å². The second-order valence-corrected chi connectivity index (χ2v) is 12.5. The van der Waals surface area contributed by atoms with Gasteiger partial charge in [-0.3, -0.25) is 0 Å². The van der Waals surface area contributed by atoms with E-state index in [4.69, 9.17) is 9.47 Å². The number of carbonyl (C=O) groups is 2. The maximum absolute atomic E-state index is 11.1. The van der Waals surface area contributed by atoms with E-state index in [0.717, 1.165) is 34.9 Å². The lowest BCUT2D eigenvalue weighted by molar-refractivity contribution is -0.870. The van der Waals surface area contributed by atoms with Crippen LogP contribution in [0.15, 0.2) is 60.7 Å². The first-order valence-corrected chi connectivity index (χ1v) is 14.4. The minimum atomic E-state index is -1.24. The van der Waals surface area contributed by atoms with E-state index in [2.05, 4.69) is 66.0 Å². The molecule has 0 saturated heterocycles. The Morgan fingerprint density at radius 3 is 1.23 bits per heavy atom. The number of hydrogen-bond donors (Lipinski definition) is 0. The number of benzene rings is 3. The molecule has 0 saturated carbocycles. The molecule has 8 heteroatoms. The predicted octanol–water partition coefficient (Wildman–Crippen LogP) is 2.16. The highest BCUT2D eigenvalue weighted by Crippen LogP contribution is 2.29. The molecule has 0 aliphatic rings. The van der Waals surface area contributed by atoms with E-state index < -0.39 is 11.9 Å². The van der Waals surface area contributed by atoms with E-state index in [0.29, 0.717) is 47.0 Å². The van der Waals surface area contributed by atoms with Crippen LogP contribution in [0.4, 0.5) is 0 Å². The Morgan fingerprint density at radius 2 is 0.932 bits per heavy atom. The molecule has 44 heavy (non-hydrogen) atoms. The van der Waals surface area contributed by atoms with Crippen molar-refractivity contribution in [1.29, 1.82) is 0 Å². The zero-order valence-electron chi connectivity index (χ0n) is 26.4. The fourth-order valence-corrected chi connectivity index (χ4v) is 4.09. The van der Waals surface area contributed by atoms with Gasteiger partial charge in [0.2, 0.25) is 0 Å². The van der Waals surface area contributed by atoms with Crippen molar-refractivity contribution in [1.82, 2.24) is 0 Å². The van der Waals surface area contributed by atoms with Crippen LogP contribution in [0.3, 0.4) is 0 Å². The van der Waals surface area contributed by atoms with E-state index >= 15 is 0 Å². The van der Waals surface area contributed by atoms with E-state index in [1.807, 2.05) is 12.1 Å². The largest absolute Gasteiger partial charge is 0.545 e. The molecule has 0 heterocycles. The predicted molar refractivity (Wildman–Crippen MR) is 166 cm³/mol. The first-order valence-electron chi connectivity index (χ1n) is 14.4. The van der Waals surface area contributed by atoms with Crippen LogP contribution in [0.2, 0.25) is 0 Å². The van der Waals surface area contributed by atoms with E-state index in [-0.39, 0.29) is 11.1 Å². The van der Waals surface area contributed by atoms with Crippen molar-refractivity contribution in [2.24, 2.45) is 0 Å². The number of rotatable bonds is 12. The van der Waals surface area contributed by atoms with Gasteiger partial charge in [-0.1, -0.05) is 47.9 Å². The third-order valence-electron chi connectivity index (χ3n) is 6.47. The molecule has 0 aliphatic heterocycles. The van der Waals surface area contributed by atoms with Gasteiger partial charge in [0.05, 0.1) is 91.7 Å². The standard InChI is InChI=1S/C36H40N2O6/c1-37(2,3)21-7-23-43-33-25-32(20-14-28-11-17-30(18-12-28)36(41)42)34(44-24-8-22-38(4,5)6)26-31(33)19-13-27-9-15-29(16-10-27)35(39)40/h9-12,15-18,25-26H,7-8,21-24H2,1-6H3. The lowest BCUT2D eigenvalue weighted by atomic mass is 10.1. The number of ether oxygens (including phenoxy) is 2. The first-order chi connectivity index (χ1) is 20.7. The third kappa shape index (κ3) is 11.5. The summed E-state index contributed by atoms with van der Waals surface area (Å²) in [6.45, 7) is 2.80. The van der Waals surface area contributed by atoms with Gasteiger partial charge in [0.25, 0.3) is 0 Å². The van der Waals surface area contributed by atoms with Crippen LogP contribution in [0.1, 0.15) is 55.8 Å². The lowest BCUT2D eigenvalue weighted by Gasteiger charge is -2.24. The molecule has 3 rings (SSSR count). The summed E-state index contributed by atoms with van der Waals surface area (Å²) in [6, 6.07) is 16.0. The summed E-state index contributed by atoms with van der Waals surface area (Å²) in [6.07, 6.45) is 1.66. The molecule has 0 fully saturated rings. The molecule has 0 radical (unpaired) electrons. The summed E-state index contributed by atoms with van der Waals surface area (Å²) < 4.78 is 14.1. The number of carbonyl (C=O) groups excluding carboxylic acids is 2. The molecular formula is C36H40N2O6. The van der Waals surface area contributed by atoms with Crippen LogP contribution >= 0.6 is 0 Å². The lowest BCUT2D eigenvalue weighted by Crippen LogP contribution is -2.36. The number of aromatic carboxylic acids is 2. The highest BCUT2D eigenvalue weighted by atomic mass is 16.5. The first kappa shape index (κ1) is 33.7. The minimum absolute atomic E-state index is 0.0820. The molecule has 3 aromatic rings. The molecule has 0 spiro atoms. The van der Waals surface area contributed by atoms with Crippen LogP contribution in [0.25, 0.3) is 0 Å². The fraction of sp³-hybridized carbons (Fsp3) is 0.333. The highest BCUT2D eigenvalue weighted by Gasteiger charge is 2.13. The normalized spacial score (nSPS) is 11.0. The SMILES string of the molecule is C[N+](C)(C)CCCOc1cc(C#Cc2ccc(C(=O)[O-])cc2)c(OCCC[N+](C)(C)C)cc1C#Cc1ccc(C(=O)[O-])cc1. The Balaban J connectivity index is 2.01. The van der Waals surface area contributed by atoms with Crippen molar-refractivity contribution in [2.45, 2.75) is 12.8 Å². The van der Waals surface area contributed by atoms with Crippen molar-refractivity contribution in [3.8, 4) is 35.2 Å². The molecule has 0 amide bonds. The van der Waals surface area contributed by atoms with Gasteiger partial charge in [-0.25, -0.2) is 0 Å². The zero-order valence-corrected chi connectivity index (χ0v) is 26.4. The van der Waals surface area contributed by atoms with Gasteiger partial charge in [0, 0.05) is 36.1 Å². The summed E-state index contributed by atoms with van der Waals surface area (Å²) in [7, 11) is 12.8. The maximum atomic E-state index is 11.1. The van der Waals surface area contributed by atoms with E-state index in [1.54, 1.807) is 24.3 Å². The minimum Gasteiger partial charge on any atom is -0.545 e. The fourth-order valence-electron chi connectivity index (χ4n) is 4.09. The topological polar surface area (TPSA) is 98.7 Å². The highest BCUT2D eigenvalue weighted by molar-refractivity contribution is 5.86. The number of carboxylic acid groups (broad SMARTS) is 2. The summed E-state index contributed by atoms with van der Waals surface area (Å²) in [4.78, 5) is 22.2. The Kier molecular flexibility index (Phi) is 11.6. The molecule has 3 aromatic carbocycles. The van der Waals surface area contributed by atoms with E-state index in [9.17, 15) is 19.8 Å². The van der Waals surface area contributed by atoms with E-state index in [1.165, 1.54) is 24.3 Å². The van der Waals surface area contributed by atoms with Gasteiger partial charge in [0.1, 0.15) is 11.5 Å². The quantitative estimate of drug-likeness (QED) is 0.181. The molecule has 0 aliphatic carbocycles. The van der Waals surface area contributed by atoms with Crippen molar-refractivity contribution in [3.63, 3.8) is 0 Å². The summed E-state index contributed by atoms with van der Waals surface area (Å²) in [5.74, 6) is 11.2. The summed E-state index contributed by atoms with van der Waals surface area (Å²) >= 11 is 0. The zero-order chi connectivity index (χ0) is 32.3. The Hall–Kier alpha value is -4.76. The Morgan fingerprint density at radius 1 is 0.591 bits per heavy atom. The second-order valence-electron chi connectivity index (χ2n) is 12.5. The average Bonchev–Trinajstić information content (AvgIpc) is 2.95. The molecule has 0 aromatic heterocycles. The van der Waals surface area contributed by atoms with Gasteiger partial charge in [-0.05, 0) is 35.4 Å². The number of nitrogens with zero attached hydrogens (tertiary/aromatic N) is 2. The summed E-state index contributed by atoms with van der Waals surface area (Å²) in [5, 5.41) is 22.2. The van der Waals surface area contributed by atoms with Crippen molar-refractivity contribution in [2.75, 3.05) is 68.6 Å². The van der Waals surface area contributed by atoms with Crippen molar-refractivity contribution < 1.29 is 38.2 Å². The molecule has 0 atom stereocenters. The van der Waals surface area contributed by atoms with Crippen LogP contribution < -0.4 is 19.7 Å². The molecule has 0 N–H and O–H groups in total. The van der Waals surface area contributed by atoms with Crippen molar-refractivity contribution >= 4 is 11.9 Å². The maximum Gasteiger partial charge on any atom is 0.136 e. The third-order valence-corrected chi connectivity index (χ3v) is 6.47. The number of hydrogen-bond acceptors (Lipinski definition) is 6. The molecular weight excluding hydrogens is 556 g/mol. The monoisotopic (exact) mass is 596 g/mol. The number of carboxylic acids is 2. The van der Waals surface area contributed by atoms with Crippen LogP contribution in [-0.2, 0) is 0 Å². The molecule has 8 nitrogen and oxygen atoms in total. The van der Waals surface area contributed by atoms with Gasteiger partial charge in [-0.15, -0.1) is 0 Å². The van der Waals surface area contributed by atoms with Crippen LogP contribution in [0.5, 0.6) is 11.5 Å². The smallest absolute Gasteiger partial charge is 0.136 e. The molecule has 0 bridgehead atoms. The molecule has 230 valence electrons. The Labute approximate surface area is 260 Å². The van der Waals surface area contributed by atoms with Gasteiger partial charge >= 0.3 is 0 Å². The Bertz CT molecular complexity index is 1450. The summed E-state index contributed by atoms with van der Waals surface area (Å²) in [5.41, 5.74) is 2.67. The van der Waals surface area contributed by atoms with Gasteiger partial charge < -0.3 is 38.2 Å². The van der Waals surface area contributed by atoms with Crippen molar-refractivity contribution in [3.05, 3.63) is 94.0 Å². The van der Waals surface area contributed by atoms with Gasteiger partial charge in [-0.2, -0.15) is 0 Å². The molecule has 0 unspecified atom stereocenters.